The van der Waals surface area contributed by atoms with E-state index in [4.69, 9.17) is 4.74 Å². The Hall–Kier alpha value is -2.63. The zero-order chi connectivity index (χ0) is 16.5. The molecule has 0 atom stereocenters. The maximum absolute atomic E-state index is 12.3. The predicted molar refractivity (Wildman–Crippen MR) is 91.0 cm³/mol. The lowest BCUT2D eigenvalue weighted by Gasteiger charge is -2.10. The van der Waals surface area contributed by atoms with Crippen LogP contribution in [-0.4, -0.2) is 29.5 Å². The smallest absolute Gasteiger partial charge is 0.274 e. The molecule has 0 saturated carbocycles. The number of amides is 1. The highest BCUT2D eigenvalue weighted by Gasteiger charge is 2.11. The van der Waals surface area contributed by atoms with E-state index >= 15 is 0 Å². The van der Waals surface area contributed by atoms with Gasteiger partial charge in [0.2, 0.25) is 5.95 Å². The molecule has 1 aromatic carbocycles. The quantitative estimate of drug-likeness (QED) is 0.731. The van der Waals surface area contributed by atoms with Crippen molar-refractivity contribution in [3.8, 4) is 5.75 Å². The number of carbonyl (C=O) groups excluding carboxylic acids is 1. The number of para-hydroxylation sites is 2. The number of rotatable bonds is 8. The van der Waals surface area contributed by atoms with E-state index in [1.807, 2.05) is 12.1 Å². The van der Waals surface area contributed by atoms with E-state index in [1.54, 1.807) is 31.5 Å². The first-order chi connectivity index (χ1) is 11.2. The summed E-state index contributed by atoms with van der Waals surface area (Å²) >= 11 is 0. The minimum absolute atomic E-state index is 0.298. The molecule has 0 aliphatic rings. The summed E-state index contributed by atoms with van der Waals surface area (Å²) < 4.78 is 5.22. The second kappa shape index (κ2) is 8.73. The Balaban J connectivity index is 2.02. The van der Waals surface area contributed by atoms with Crippen LogP contribution in [0.25, 0.3) is 0 Å². The molecule has 0 bridgehead atoms. The average Bonchev–Trinajstić information content (AvgIpc) is 2.59. The Bertz CT molecular complexity index is 646. The minimum atomic E-state index is -0.298. The second-order valence-corrected chi connectivity index (χ2v) is 5.05. The van der Waals surface area contributed by atoms with Gasteiger partial charge in [0.15, 0.2) is 0 Å². The number of hydrogen-bond acceptors (Lipinski definition) is 5. The second-order valence-electron chi connectivity index (χ2n) is 5.05. The summed E-state index contributed by atoms with van der Waals surface area (Å²) in [6.07, 6.45) is 4.94. The molecule has 0 unspecified atom stereocenters. The third-order valence-corrected chi connectivity index (χ3v) is 3.31. The molecule has 1 amide bonds. The first-order valence-corrected chi connectivity index (χ1v) is 7.76. The number of methoxy groups -OCH3 is 1. The summed E-state index contributed by atoms with van der Waals surface area (Å²) in [6, 6.07) is 8.83. The normalized spacial score (nSPS) is 10.2. The van der Waals surface area contributed by atoms with Crippen molar-refractivity contribution in [1.29, 1.82) is 0 Å². The fraction of sp³-hybridized carbons (Fsp3) is 0.353. The largest absolute Gasteiger partial charge is 0.495 e. The molecule has 2 N–H and O–H groups in total. The number of nitrogens with one attached hydrogen (secondary N) is 2. The van der Waals surface area contributed by atoms with Crippen molar-refractivity contribution in [2.24, 2.45) is 0 Å². The lowest BCUT2D eigenvalue weighted by Crippen LogP contribution is -2.16. The molecule has 1 heterocycles. The zero-order valence-corrected chi connectivity index (χ0v) is 13.5. The summed E-state index contributed by atoms with van der Waals surface area (Å²) in [5.74, 6) is 0.773. The van der Waals surface area contributed by atoms with Crippen molar-refractivity contribution in [2.75, 3.05) is 24.3 Å². The fourth-order valence-electron chi connectivity index (χ4n) is 2.08. The van der Waals surface area contributed by atoms with Gasteiger partial charge in [-0.1, -0.05) is 31.9 Å². The fourth-order valence-corrected chi connectivity index (χ4v) is 2.08. The number of anilines is 2. The molecule has 1 aromatic heterocycles. The van der Waals surface area contributed by atoms with Crippen LogP contribution >= 0.6 is 0 Å². The molecule has 122 valence electrons. The highest BCUT2D eigenvalue weighted by molar-refractivity contribution is 6.03. The monoisotopic (exact) mass is 314 g/mol. The topological polar surface area (TPSA) is 76.1 Å². The van der Waals surface area contributed by atoms with Crippen LogP contribution in [0.5, 0.6) is 5.75 Å². The van der Waals surface area contributed by atoms with E-state index < -0.39 is 0 Å². The summed E-state index contributed by atoms with van der Waals surface area (Å²) in [5.41, 5.74) is 0.917. The van der Waals surface area contributed by atoms with Gasteiger partial charge >= 0.3 is 0 Å². The molecule has 6 heteroatoms. The van der Waals surface area contributed by atoms with Gasteiger partial charge in [0, 0.05) is 12.7 Å². The van der Waals surface area contributed by atoms with Crippen LogP contribution in [0.3, 0.4) is 0 Å². The van der Waals surface area contributed by atoms with Crippen molar-refractivity contribution in [2.45, 2.75) is 26.2 Å². The summed E-state index contributed by atoms with van der Waals surface area (Å²) in [4.78, 5) is 20.7. The average molecular weight is 314 g/mol. The number of carbonyl (C=O) groups is 1. The van der Waals surface area contributed by atoms with E-state index in [-0.39, 0.29) is 5.91 Å². The maximum atomic E-state index is 12.3. The van der Waals surface area contributed by atoms with Gasteiger partial charge in [-0.05, 0) is 24.6 Å². The predicted octanol–water partition coefficient (Wildman–Crippen LogP) is 3.34. The van der Waals surface area contributed by atoms with Gasteiger partial charge < -0.3 is 15.4 Å². The molecule has 23 heavy (non-hydrogen) atoms. The zero-order valence-electron chi connectivity index (χ0n) is 13.5. The first-order valence-electron chi connectivity index (χ1n) is 7.76. The maximum Gasteiger partial charge on any atom is 0.274 e. The number of unbranched alkanes of at least 4 members (excludes halogenated alkanes) is 2. The van der Waals surface area contributed by atoms with Crippen LogP contribution in [0.1, 0.15) is 36.7 Å². The van der Waals surface area contributed by atoms with Crippen LogP contribution in [-0.2, 0) is 0 Å². The molecule has 0 radical (unpaired) electrons. The highest BCUT2D eigenvalue weighted by atomic mass is 16.5. The van der Waals surface area contributed by atoms with Crippen LogP contribution in [0, 0.1) is 0 Å². The third-order valence-electron chi connectivity index (χ3n) is 3.31. The Labute approximate surface area is 136 Å². The van der Waals surface area contributed by atoms with Crippen molar-refractivity contribution in [1.82, 2.24) is 9.97 Å². The lowest BCUT2D eigenvalue weighted by atomic mass is 10.2. The van der Waals surface area contributed by atoms with Crippen molar-refractivity contribution < 1.29 is 9.53 Å². The highest BCUT2D eigenvalue weighted by Crippen LogP contribution is 2.23. The van der Waals surface area contributed by atoms with E-state index in [9.17, 15) is 4.79 Å². The van der Waals surface area contributed by atoms with Crippen molar-refractivity contribution in [3.63, 3.8) is 0 Å². The van der Waals surface area contributed by atoms with E-state index in [0.29, 0.717) is 23.1 Å². The molecular weight excluding hydrogens is 292 g/mol. The molecule has 0 fully saturated rings. The molecular formula is C17H22N4O2. The van der Waals surface area contributed by atoms with Gasteiger partial charge in [0.1, 0.15) is 11.4 Å². The summed E-state index contributed by atoms with van der Waals surface area (Å²) in [7, 11) is 1.56. The van der Waals surface area contributed by atoms with Crippen molar-refractivity contribution >= 4 is 17.5 Å². The molecule has 0 aliphatic carbocycles. The van der Waals surface area contributed by atoms with Gasteiger partial charge in [0.05, 0.1) is 12.8 Å². The molecule has 0 saturated heterocycles. The SMILES string of the molecule is CCCCCNc1nccc(C(=O)Nc2ccccc2OC)n1. The number of hydrogen-bond donors (Lipinski definition) is 2. The van der Waals surface area contributed by atoms with Gasteiger partial charge in [-0.25, -0.2) is 9.97 Å². The molecule has 0 aliphatic heterocycles. The Morgan fingerprint density at radius 3 is 2.83 bits per heavy atom. The number of benzene rings is 1. The Kier molecular flexibility index (Phi) is 6.35. The van der Waals surface area contributed by atoms with E-state index in [0.717, 1.165) is 25.8 Å². The van der Waals surface area contributed by atoms with Crippen LogP contribution in [0.4, 0.5) is 11.6 Å². The molecule has 2 aromatic rings. The minimum Gasteiger partial charge on any atom is -0.495 e. The Morgan fingerprint density at radius 1 is 1.22 bits per heavy atom. The standard InChI is InChI=1S/C17H22N4O2/c1-3-4-7-11-18-17-19-12-10-14(21-17)16(22)20-13-8-5-6-9-15(13)23-2/h5-6,8-10,12H,3-4,7,11H2,1-2H3,(H,20,22)(H,18,19,21). The molecule has 0 spiro atoms. The van der Waals surface area contributed by atoms with Gasteiger partial charge in [-0.2, -0.15) is 0 Å². The Morgan fingerprint density at radius 2 is 2.04 bits per heavy atom. The van der Waals surface area contributed by atoms with Gasteiger partial charge in [-0.3, -0.25) is 4.79 Å². The number of ether oxygens (including phenoxy) is 1. The van der Waals surface area contributed by atoms with Crippen molar-refractivity contribution in [3.05, 3.63) is 42.2 Å². The van der Waals surface area contributed by atoms with Crippen LogP contribution in [0.15, 0.2) is 36.5 Å². The first kappa shape index (κ1) is 16.7. The lowest BCUT2D eigenvalue weighted by molar-refractivity contribution is 0.102. The summed E-state index contributed by atoms with van der Waals surface area (Å²) in [5, 5.41) is 5.93. The van der Waals surface area contributed by atoms with Gasteiger partial charge in [-0.15, -0.1) is 0 Å². The number of aromatic nitrogens is 2. The third kappa shape index (κ3) is 4.95. The molecule has 2 rings (SSSR count). The molecule has 6 nitrogen and oxygen atoms in total. The summed E-state index contributed by atoms with van der Waals surface area (Å²) in [6.45, 7) is 2.95. The van der Waals surface area contributed by atoms with Gasteiger partial charge in [0.25, 0.3) is 5.91 Å². The van der Waals surface area contributed by atoms with E-state index in [1.165, 1.54) is 0 Å². The number of nitrogens with zero attached hydrogens (tertiary/aromatic N) is 2. The van der Waals surface area contributed by atoms with E-state index in [2.05, 4.69) is 27.5 Å². The van der Waals surface area contributed by atoms with Crippen LogP contribution in [0.2, 0.25) is 0 Å². The van der Waals surface area contributed by atoms with Crippen LogP contribution < -0.4 is 15.4 Å².